The second-order valence-electron chi connectivity index (χ2n) is 4.19. The zero-order chi connectivity index (χ0) is 13.1. The predicted molar refractivity (Wildman–Crippen MR) is 73.1 cm³/mol. The van der Waals surface area contributed by atoms with Gasteiger partial charge >= 0.3 is 0 Å². The summed E-state index contributed by atoms with van der Waals surface area (Å²) in [7, 11) is 5.51. The Labute approximate surface area is 107 Å². The molecule has 1 N–H and O–H groups in total. The van der Waals surface area contributed by atoms with Gasteiger partial charge in [-0.1, -0.05) is 6.08 Å². The number of aromatic nitrogens is 2. The third-order valence-electron chi connectivity index (χ3n) is 3.00. The van der Waals surface area contributed by atoms with Crippen molar-refractivity contribution in [3.05, 3.63) is 18.2 Å². The minimum Gasteiger partial charge on any atom is -0.359 e. The minimum atomic E-state index is 0.598. The molecule has 2 heterocycles. The van der Waals surface area contributed by atoms with Gasteiger partial charge < -0.3 is 10.2 Å². The predicted octanol–water partition coefficient (Wildman–Crippen LogP) is 1.06. The summed E-state index contributed by atoms with van der Waals surface area (Å²) >= 11 is 0. The van der Waals surface area contributed by atoms with Crippen LogP contribution in [0.4, 0.5) is 17.6 Å². The highest BCUT2D eigenvalue weighted by molar-refractivity contribution is 5.65. The maximum absolute atomic E-state index is 5.23. The van der Waals surface area contributed by atoms with Crippen LogP contribution in [0.2, 0.25) is 0 Å². The summed E-state index contributed by atoms with van der Waals surface area (Å²) < 4.78 is 0. The number of likely N-dealkylation sites (N-methyl/N-ethyl adjacent to an activating group) is 1. The molecule has 6 nitrogen and oxygen atoms in total. The fourth-order valence-corrected chi connectivity index (χ4v) is 1.97. The van der Waals surface area contributed by atoms with Crippen molar-refractivity contribution in [2.45, 2.75) is 6.42 Å². The van der Waals surface area contributed by atoms with Crippen LogP contribution in [0.1, 0.15) is 5.56 Å². The quantitative estimate of drug-likeness (QED) is 0.622. The van der Waals surface area contributed by atoms with Gasteiger partial charge in [0.05, 0.1) is 7.11 Å². The van der Waals surface area contributed by atoms with Gasteiger partial charge in [0.25, 0.3) is 0 Å². The van der Waals surface area contributed by atoms with Crippen LogP contribution >= 0.6 is 0 Å². The van der Waals surface area contributed by atoms with Crippen LogP contribution in [0.25, 0.3) is 0 Å². The Bertz CT molecular complexity index is 448. The lowest BCUT2D eigenvalue weighted by atomic mass is 10.2. The zero-order valence-electron chi connectivity index (χ0n) is 11.1. The van der Waals surface area contributed by atoms with E-state index in [-0.39, 0.29) is 0 Å². The summed E-state index contributed by atoms with van der Waals surface area (Å²) in [6.45, 7) is 5.27. The monoisotopic (exact) mass is 249 g/mol. The van der Waals surface area contributed by atoms with Gasteiger partial charge in [-0.15, -0.1) is 6.58 Å². The van der Waals surface area contributed by atoms with Gasteiger partial charge in [-0.25, -0.2) is 5.06 Å². The third-order valence-corrected chi connectivity index (χ3v) is 3.00. The summed E-state index contributed by atoms with van der Waals surface area (Å²) in [6.07, 6.45) is 2.72. The second kappa shape index (κ2) is 5.22. The fraction of sp³-hybridized carbons (Fsp3) is 0.500. The van der Waals surface area contributed by atoms with Crippen LogP contribution in [-0.4, -0.2) is 44.3 Å². The Hall–Kier alpha value is -1.82. The van der Waals surface area contributed by atoms with Crippen LogP contribution in [0.5, 0.6) is 0 Å². The number of rotatable bonds is 5. The standard InChI is InChI=1S/C12H19N5O/c1-5-7-13-12-14-10-9(6-8-16(10)2)11(15-12)17(3)18-4/h5H,1,6-8H2,2-4H3,(H,13,14,15). The van der Waals surface area contributed by atoms with Crippen LogP contribution in [0.15, 0.2) is 12.7 Å². The van der Waals surface area contributed by atoms with E-state index in [0.29, 0.717) is 12.5 Å². The van der Waals surface area contributed by atoms with Crippen molar-refractivity contribution in [1.82, 2.24) is 9.97 Å². The van der Waals surface area contributed by atoms with E-state index < -0.39 is 0 Å². The molecule has 0 saturated carbocycles. The molecule has 0 unspecified atom stereocenters. The molecule has 0 aliphatic carbocycles. The molecule has 98 valence electrons. The molecule has 0 fully saturated rings. The smallest absolute Gasteiger partial charge is 0.226 e. The molecule has 1 aromatic heterocycles. The molecule has 0 spiro atoms. The Morgan fingerprint density at radius 2 is 2.33 bits per heavy atom. The largest absolute Gasteiger partial charge is 0.359 e. The van der Waals surface area contributed by atoms with Gasteiger partial charge in [0.1, 0.15) is 5.82 Å². The summed E-state index contributed by atoms with van der Waals surface area (Å²) in [5.41, 5.74) is 1.13. The molecule has 1 aliphatic rings. The first kappa shape index (κ1) is 12.6. The topological polar surface area (TPSA) is 53.5 Å². The van der Waals surface area contributed by atoms with Crippen molar-refractivity contribution >= 4 is 17.6 Å². The molecule has 0 bridgehead atoms. The van der Waals surface area contributed by atoms with Gasteiger partial charge in [-0.05, 0) is 6.42 Å². The summed E-state index contributed by atoms with van der Waals surface area (Å²) in [5, 5.41) is 4.78. The van der Waals surface area contributed by atoms with E-state index in [0.717, 1.165) is 30.2 Å². The van der Waals surface area contributed by atoms with Crippen molar-refractivity contribution in [2.75, 3.05) is 49.6 Å². The average Bonchev–Trinajstić information content (AvgIpc) is 2.76. The van der Waals surface area contributed by atoms with Gasteiger partial charge in [-0.2, -0.15) is 9.97 Å². The van der Waals surface area contributed by atoms with Crippen molar-refractivity contribution in [3.8, 4) is 0 Å². The fourth-order valence-electron chi connectivity index (χ4n) is 1.97. The molecule has 2 rings (SSSR count). The lowest BCUT2D eigenvalue weighted by Gasteiger charge is -2.19. The number of hydroxylamine groups is 1. The van der Waals surface area contributed by atoms with Crippen molar-refractivity contribution in [1.29, 1.82) is 0 Å². The molecule has 0 atom stereocenters. The Morgan fingerprint density at radius 3 is 3.00 bits per heavy atom. The molecule has 0 saturated heterocycles. The Morgan fingerprint density at radius 1 is 1.56 bits per heavy atom. The highest BCUT2D eigenvalue weighted by Crippen LogP contribution is 2.32. The lowest BCUT2D eigenvalue weighted by Crippen LogP contribution is -2.20. The zero-order valence-corrected chi connectivity index (χ0v) is 11.1. The van der Waals surface area contributed by atoms with E-state index in [1.54, 1.807) is 18.2 Å². The highest BCUT2D eigenvalue weighted by Gasteiger charge is 2.25. The average molecular weight is 249 g/mol. The molecule has 6 heteroatoms. The van der Waals surface area contributed by atoms with Crippen LogP contribution in [-0.2, 0) is 11.3 Å². The molecule has 0 amide bonds. The van der Waals surface area contributed by atoms with Crippen molar-refractivity contribution < 1.29 is 4.84 Å². The Balaban J connectivity index is 2.41. The lowest BCUT2D eigenvalue weighted by molar-refractivity contribution is 0.182. The summed E-state index contributed by atoms with van der Waals surface area (Å²) in [5.74, 6) is 2.38. The van der Waals surface area contributed by atoms with Gasteiger partial charge in [0, 0.05) is 32.7 Å². The van der Waals surface area contributed by atoms with E-state index in [4.69, 9.17) is 4.84 Å². The molecule has 1 aliphatic heterocycles. The number of anilines is 3. The van der Waals surface area contributed by atoms with Gasteiger partial charge in [0.15, 0.2) is 5.82 Å². The van der Waals surface area contributed by atoms with Gasteiger partial charge in [0.2, 0.25) is 5.95 Å². The number of nitrogens with one attached hydrogen (secondary N) is 1. The Kier molecular flexibility index (Phi) is 3.66. The van der Waals surface area contributed by atoms with E-state index in [1.165, 1.54) is 0 Å². The summed E-state index contributed by atoms with van der Waals surface area (Å²) in [4.78, 5) is 16.4. The number of hydrogen-bond acceptors (Lipinski definition) is 6. The second-order valence-corrected chi connectivity index (χ2v) is 4.19. The number of nitrogens with zero attached hydrogens (tertiary/aromatic N) is 4. The van der Waals surface area contributed by atoms with Crippen molar-refractivity contribution in [3.63, 3.8) is 0 Å². The van der Waals surface area contributed by atoms with E-state index in [1.807, 2.05) is 14.1 Å². The highest BCUT2D eigenvalue weighted by atomic mass is 16.7. The van der Waals surface area contributed by atoms with Crippen molar-refractivity contribution in [2.24, 2.45) is 0 Å². The van der Waals surface area contributed by atoms with Crippen LogP contribution in [0, 0.1) is 0 Å². The normalized spacial score (nSPS) is 13.4. The first-order valence-electron chi connectivity index (χ1n) is 5.92. The third kappa shape index (κ3) is 2.24. The number of hydrogen-bond donors (Lipinski definition) is 1. The van der Waals surface area contributed by atoms with E-state index >= 15 is 0 Å². The first-order valence-corrected chi connectivity index (χ1v) is 5.92. The van der Waals surface area contributed by atoms with Gasteiger partial charge in [-0.3, -0.25) is 4.84 Å². The summed E-state index contributed by atoms with van der Waals surface area (Å²) in [6, 6.07) is 0. The molecular formula is C12H19N5O. The molecular weight excluding hydrogens is 230 g/mol. The molecule has 1 aromatic rings. The molecule has 0 radical (unpaired) electrons. The molecule has 0 aromatic carbocycles. The number of fused-ring (bicyclic) bond motifs is 1. The van der Waals surface area contributed by atoms with E-state index in [2.05, 4.69) is 26.8 Å². The minimum absolute atomic E-state index is 0.598. The maximum Gasteiger partial charge on any atom is 0.226 e. The van der Waals surface area contributed by atoms with Crippen LogP contribution in [0.3, 0.4) is 0 Å². The molecule has 18 heavy (non-hydrogen) atoms. The maximum atomic E-state index is 5.23. The van der Waals surface area contributed by atoms with Crippen LogP contribution < -0.4 is 15.3 Å². The SMILES string of the molecule is C=CCNc1nc2c(c(N(C)OC)n1)CCN2C. The van der Waals surface area contributed by atoms with E-state index in [9.17, 15) is 0 Å². The first-order chi connectivity index (χ1) is 8.67.